The van der Waals surface area contributed by atoms with Gasteiger partial charge in [0.05, 0.1) is 28.9 Å². The average Bonchev–Trinajstić information content (AvgIpc) is 3.09. The number of hydrogen-bond donors (Lipinski definition) is 0. The standard InChI is InChI=1S/C15H19N3O3S3/c1-2-14-17-12(10-22-14)11-23-15-4-3-13(9-16-15)24(19,20)18-5-7-21-8-6-18/h3-4,9-10H,2,5-8,11H2,1H3. The first-order chi connectivity index (χ1) is 11.6. The summed E-state index contributed by atoms with van der Waals surface area (Å²) in [5.74, 6) is 0.735. The summed E-state index contributed by atoms with van der Waals surface area (Å²) in [6.07, 6.45) is 2.38. The Bertz CT molecular complexity index is 769. The number of thioether (sulfide) groups is 1. The van der Waals surface area contributed by atoms with E-state index in [1.807, 2.05) is 0 Å². The molecule has 0 spiro atoms. The fourth-order valence-corrected chi connectivity index (χ4v) is 5.21. The minimum absolute atomic E-state index is 0.232. The maximum absolute atomic E-state index is 12.5. The van der Waals surface area contributed by atoms with Gasteiger partial charge in [0, 0.05) is 30.4 Å². The second-order valence-electron chi connectivity index (χ2n) is 5.22. The molecule has 1 aliphatic rings. The molecule has 0 aliphatic carbocycles. The fourth-order valence-electron chi connectivity index (χ4n) is 2.27. The normalized spacial score (nSPS) is 16.4. The maximum atomic E-state index is 12.5. The third-order valence-corrected chi connectivity index (χ3v) is 7.49. The van der Waals surface area contributed by atoms with Gasteiger partial charge in [0.15, 0.2) is 0 Å². The monoisotopic (exact) mass is 385 g/mol. The van der Waals surface area contributed by atoms with Crippen molar-refractivity contribution >= 4 is 33.1 Å². The molecule has 0 radical (unpaired) electrons. The smallest absolute Gasteiger partial charge is 0.244 e. The van der Waals surface area contributed by atoms with E-state index in [2.05, 4.69) is 22.3 Å². The van der Waals surface area contributed by atoms with Gasteiger partial charge in [-0.3, -0.25) is 0 Å². The Balaban J connectivity index is 1.64. The van der Waals surface area contributed by atoms with E-state index in [9.17, 15) is 8.42 Å². The highest BCUT2D eigenvalue weighted by Gasteiger charge is 2.26. The summed E-state index contributed by atoms with van der Waals surface area (Å²) in [7, 11) is -3.48. The van der Waals surface area contributed by atoms with Crippen molar-refractivity contribution in [3.8, 4) is 0 Å². The average molecular weight is 386 g/mol. The number of aromatic nitrogens is 2. The highest BCUT2D eigenvalue weighted by molar-refractivity contribution is 7.98. The molecule has 130 valence electrons. The van der Waals surface area contributed by atoms with Crippen molar-refractivity contribution in [2.24, 2.45) is 0 Å². The van der Waals surface area contributed by atoms with Gasteiger partial charge in [-0.25, -0.2) is 18.4 Å². The summed E-state index contributed by atoms with van der Waals surface area (Å²) < 4.78 is 31.7. The van der Waals surface area contributed by atoms with Crippen LogP contribution in [-0.2, 0) is 26.9 Å². The molecule has 6 nitrogen and oxygen atoms in total. The Morgan fingerprint density at radius 2 is 2.12 bits per heavy atom. The van der Waals surface area contributed by atoms with Crippen LogP contribution in [0.4, 0.5) is 0 Å². The Morgan fingerprint density at radius 3 is 2.75 bits per heavy atom. The Labute approximate surface area is 150 Å². The molecule has 0 saturated carbocycles. The van der Waals surface area contributed by atoms with Crippen LogP contribution in [0.2, 0.25) is 0 Å². The van der Waals surface area contributed by atoms with Crippen LogP contribution in [0.25, 0.3) is 0 Å². The minimum Gasteiger partial charge on any atom is -0.379 e. The Kier molecular flexibility index (Phi) is 5.88. The summed E-state index contributed by atoms with van der Waals surface area (Å²) in [5.41, 5.74) is 1.04. The molecule has 1 saturated heterocycles. The zero-order valence-corrected chi connectivity index (χ0v) is 15.8. The predicted molar refractivity (Wildman–Crippen MR) is 94.9 cm³/mol. The number of sulfonamides is 1. The molecule has 2 aromatic heterocycles. The van der Waals surface area contributed by atoms with E-state index < -0.39 is 10.0 Å². The number of rotatable bonds is 6. The number of hydrogen-bond acceptors (Lipinski definition) is 7. The summed E-state index contributed by atoms with van der Waals surface area (Å²) in [4.78, 5) is 9.03. The predicted octanol–water partition coefficient (Wildman–Crippen LogP) is 2.41. The molecular weight excluding hydrogens is 366 g/mol. The highest BCUT2D eigenvalue weighted by atomic mass is 32.2. The van der Waals surface area contributed by atoms with E-state index >= 15 is 0 Å². The first kappa shape index (κ1) is 17.8. The topological polar surface area (TPSA) is 72.4 Å². The van der Waals surface area contributed by atoms with Crippen molar-refractivity contribution < 1.29 is 13.2 Å². The van der Waals surface area contributed by atoms with Crippen LogP contribution < -0.4 is 0 Å². The molecule has 1 fully saturated rings. The molecular formula is C15H19N3O3S3. The quantitative estimate of drug-likeness (QED) is 0.711. The van der Waals surface area contributed by atoms with E-state index in [0.717, 1.165) is 27.9 Å². The van der Waals surface area contributed by atoms with Gasteiger partial charge in [0.2, 0.25) is 10.0 Å². The van der Waals surface area contributed by atoms with Gasteiger partial charge in [-0.15, -0.1) is 23.1 Å². The van der Waals surface area contributed by atoms with Crippen molar-refractivity contribution in [2.45, 2.75) is 29.0 Å². The number of ether oxygens (including phenoxy) is 1. The molecule has 1 aliphatic heterocycles. The molecule has 9 heteroatoms. The number of pyridine rings is 1. The van der Waals surface area contributed by atoms with Gasteiger partial charge in [0.25, 0.3) is 0 Å². The molecule has 0 atom stereocenters. The van der Waals surface area contributed by atoms with Crippen LogP contribution in [0.15, 0.2) is 33.6 Å². The zero-order chi connectivity index (χ0) is 17.0. The van der Waals surface area contributed by atoms with Gasteiger partial charge in [-0.05, 0) is 18.6 Å². The second-order valence-corrected chi connectivity index (χ2v) is 9.10. The van der Waals surface area contributed by atoms with Crippen molar-refractivity contribution in [1.29, 1.82) is 0 Å². The lowest BCUT2D eigenvalue weighted by Gasteiger charge is -2.25. The van der Waals surface area contributed by atoms with E-state index in [1.165, 1.54) is 10.5 Å². The SMILES string of the molecule is CCc1nc(CSc2ccc(S(=O)(=O)N3CCOCC3)cn2)cs1. The molecule has 0 aromatic carbocycles. The first-order valence-electron chi connectivity index (χ1n) is 7.69. The van der Waals surface area contributed by atoms with Gasteiger partial charge in [-0.2, -0.15) is 4.31 Å². The first-order valence-corrected chi connectivity index (χ1v) is 11.0. The fraction of sp³-hybridized carbons (Fsp3) is 0.467. The maximum Gasteiger partial charge on any atom is 0.244 e. The summed E-state index contributed by atoms with van der Waals surface area (Å²) in [6, 6.07) is 3.38. The van der Waals surface area contributed by atoms with Crippen molar-refractivity contribution in [2.75, 3.05) is 26.3 Å². The molecule has 3 heterocycles. The van der Waals surface area contributed by atoms with Gasteiger partial charge < -0.3 is 4.74 Å². The van der Waals surface area contributed by atoms with Crippen molar-refractivity contribution in [3.05, 3.63) is 34.4 Å². The van der Waals surface area contributed by atoms with Gasteiger partial charge in [-0.1, -0.05) is 6.92 Å². The lowest BCUT2D eigenvalue weighted by molar-refractivity contribution is 0.0730. The molecule has 24 heavy (non-hydrogen) atoms. The van der Waals surface area contributed by atoms with E-state index in [1.54, 1.807) is 35.2 Å². The highest BCUT2D eigenvalue weighted by Crippen LogP contribution is 2.24. The molecule has 0 bridgehead atoms. The molecule has 0 N–H and O–H groups in total. The Morgan fingerprint density at radius 1 is 1.33 bits per heavy atom. The van der Waals surface area contributed by atoms with E-state index in [0.29, 0.717) is 26.3 Å². The third-order valence-electron chi connectivity index (χ3n) is 3.59. The molecule has 3 rings (SSSR count). The molecule has 0 unspecified atom stereocenters. The Hall–Kier alpha value is -1.00. The van der Waals surface area contributed by atoms with Crippen LogP contribution in [0.3, 0.4) is 0 Å². The lowest BCUT2D eigenvalue weighted by atomic mass is 10.5. The summed E-state index contributed by atoms with van der Waals surface area (Å²) in [5, 5.41) is 3.98. The summed E-state index contributed by atoms with van der Waals surface area (Å²) >= 11 is 3.22. The summed E-state index contributed by atoms with van der Waals surface area (Å²) in [6.45, 7) is 3.75. The van der Waals surface area contributed by atoms with Crippen LogP contribution in [0, 0.1) is 0 Å². The lowest BCUT2D eigenvalue weighted by Crippen LogP contribution is -2.40. The number of nitrogens with zero attached hydrogens (tertiary/aromatic N) is 3. The second kappa shape index (κ2) is 7.92. The van der Waals surface area contributed by atoms with Crippen molar-refractivity contribution in [3.63, 3.8) is 0 Å². The van der Waals surface area contributed by atoms with E-state index in [4.69, 9.17) is 4.74 Å². The number of aryl methyl sites for hydroxylation is 1. The minimum atomic E-state index is -3.48. The largest absolute Gasteiger partial charge is 0.379 e. The van der Waals surface area contributed by atoms with Crippen LogP contribution in [0.1, 0.15) is 17.6 Å². The zero-order valence-electron chi connectivity index (χ0n) is 13.3. The number of thiazole rings is 1. The molecule has 0 amide bonds. The van der Waals surface area contributed by atoms with Crippen LogP contribution in [-0.4, -0.2) is 49.0 Å². The third kappa shape index (κ3) is 4.15. The van der Waals surface area contributed by atoms with Crippen molar-refractivity contribution in [1.82, 2.24) is 14.3 Å². The number of morpholine rings is 1. The van der Waals surface area contributed by atoms with Crippen LogP contribution in [0.5, 0.6) is 0 Å². The van der Waals surface area contributed by atoms with Gasteiger partial charge in [0.1, 0.15) is 4.90 Å². The van der Waals surface area contributed by atoms with E-state index in [-0.39, 0.29) is 4.90 Å². The van der Waals surface area contributed by atoms with Gasteiger partial charge >= 0.3 is 0 Å². The molecule has 2 aromatic rings. The van der Waals surface area contributed by atoms with Crippen LogP contribution >= 0.6 is 23.1 Å².